The van der Waals surface area contributed by atoms with E-state index in [1.54, 1.807) is 11.3 Å². The summed E-state index contributed by atoms with van der Waals surface area (Å²) in [4.78, 5) is 17.0. The van der Waals surface area contributed by atoms with E-state index in [-0.39, 0.29) is 36.8 Å². The summed E-state index contributed by atoms with van der Waals surface area (Å²) in [5.41, 5.74) is 9.35. The minimum Gasteiger partial charge on any atom is -0.349 e. The van der Waals surface area contributed by atoms with Gasteiger partial charge in [-0.2, -0.15) is 11.3 Å². The van der Waals surface area contributed by atoms with Crippen LogP contribution in [0.3, 0.4) is 0 Å². The maximum atomic E-state index is 12.4. The number of aryl methyl sites for hydroxylation is 1. The van der Waals surface area contributed by atoms with Gasteiger partial charge < -0.3 is 11.1 Å². The fourth-order valence-electron chi connectivity index (χ4n) is 2.90. The van der Waals surface area contributed by atoms with E-state index < -0.39 is 0 Å². The monoisotopic (exact) mass is 387 g/mol. The number of carbonyl (C=O) groups excluding carboxylic acids is 1. The molecule has 2 aromatic heterocycles. The molecule has 3 N–H and O–H groups in total. The summed E-state index contributed by atoms with van der Waals surface area (Å²) in [5.74, 6) is -0.0256. The zero-order chi connectivity index (χ0) is 15.5. The van der Waals surface area contributed by atoms with Crippen molar-refractivity contribution in [2.45, 2.75) is 44.7 Å². The van der Waals surface area contributed by atoms with Crippen LogP contribution in [-0.4, -0.2) is 23.0 Å². The van der Waals surface area contributed by atoms with Gasteiger partial charge in [-0.05, 0) is 56.2 Å². The smallest absolute Gasteiger partial charge is 0.253 e. The van der Waals surface area contributed by atoms with Gasteiger partial charge in [0, 0.05) is 23.0 Å². The maximum Gasteiger partial charge on any atom is 0.253 e. The Morgan fingerprint density at radius 3 is 2.50 bits per heavy atom. The second-order valence-corrected chi connectivity index (χ2v) is 6.71. The average Bonchev–Trinajstić information content (AvgIpc) is 3.03. The van der Waals surface area contributed by atoms with Crippen molar-refractivity contribution in [3.63, 3.8) is 0 Å². The van der Waals surface area contributed by atoms with E-state index in [1.807, 2.05) is 30.5 Å². The first-order chi connectivity index (χ1) is 10.6. The van der Waals surface area contributed by atoms with Crippen LogP contribution >= 0.6 is 36.2 Å². The molecule has 1 aliphatic carbocycles. The highest BCUT2D eigenvalue weighted by molar-refractivity contribution is 7.08. The number of nitrogens with zero attached hydrogens (tertiary/aromatic N) is 1. The van der Waals surface area contributed by atoms with Crippen molar-refractivity contribution in [3.8, 4) is 11.3 Å². The third-order valence-corrected chi connectivity index (χ3v) is 4.94. The van der Waals surface area contributed by atoms with Gasteiger partial charge in [-0.3, -0.25) is 9.78 Å². The fourth-order valence-corrected chi connectivity index (χ4v) is 3.55. The number of hydrogen-bond acceptors (Lipinski definition) is 4. The number of hydrogen-bond donors (Lipinski definition) is 2. The van der Waals surface area contributed by atoms with Crippen molar-refractivity contribution in [2.75, 3.05) is 0 Å². The topological polar surface area (TPSA) is 68.0 Å². The van der Waals surface area contributed by atoms with E-state index in [0.29, 0.717) is 11.6 Å². The van der Waals surface area contributed by atoms with E-state index >= 15 is 0 Å². The van der Waals surface area contributed by atoms with Crippen LogP contribution in [0.5, 0.6) is 0 Å². The van der Waals surface area contributed by atoms with Gasteiger partial charge in [0.25, 0.3) is 5.91 Å². The zero-order valence-electron chi connectivity index (χ0n) is 13.5. The molecule has 4 nitrogen and oxygen atoms in total. The molecule has 0 atom stereocenters. The minimum absolute atomic E-state index is 0. The van der Waals surface area contributed by atoms with Gasteiger partial charge in [0.1, 0.15) is 0 Å². The van der Waals surface area contributed by atoms with Gasteiger partial charge >= 0.3 is 0 Å². The second kappa shape index (κ2) is 9.37. The largest absolute Gasteiger partial charge is 0.349 e. The Hall–Kier alpha value is -1.14. The SMILES string of the molecule is Cc1nc(-c2ccsc2)ccc1C(=O)NC1CCC(N)CC1.Cl.Cl. The van der Waals surface area contributed by atoms with Crippen LogP contribution in [0.2, 0.25) is 0 Å². The van der Waals surface area contributed by atoms with Gasteiger partial charge in [0.05, 0.1) is 17.0 Å². The summed E-state index contributed by atoms with van der Waals surface area (Å²) < 4.78 is 0. The first kappa shape index (κ1) is 20.9. The van der Waals surface area contributed by atoms with E-state index in [0.717, 1.165) is 42.6 Å². The summed E-state index contributed by atoms with van der Waals surface area (Å²) in [6, 6.07) is 6.36. The fraction of sp³-hybridized carbons (Fsp3) is 0.412. The van der Waals surface area contributed by atoms with Gasteiger partial charge in [-0.15, -0.1) is 24.8 Å². The molecule has 0 radical (unpaired) electrons. The lowest BCUT2D eigenvalue weighted by Gasteiger charge is -2.27. The van der Waals surface area contributed by atoms with Crippen molar-refractivity contribution in [1.29, 1.82) is 0 Å². The third kappa shape index (κ3) is 4.93. The molecule has 0 aromatic carbocycles. The standard InChI is InChI=1S/C17H21N3OS.2ClH/c1-11-15(6-7-16(19-11)12-8-9-22-10-12)17(21)20-14-4-2-13(18)3-5-14;;/h6-10,13-14H,2-5,18H2,1H3,(H,20,21);2*1H. The van der Waals surface area contributed by atoms with Crippen LogP contribution in [-0.2, 0) is 0 Å². The van der Waals surface area contributed by atoms with Crippen molar-refractivity contribution >= 4 is 42.1 Å². The summed E-state index contributed by atoms with van der Waals surface area (Å²) in [5, 5.41) is 7.21. The van der Waals surface area contributed by atoms with Gasteiger partial charge in [0.15, 0.2) is 0 Å². The number of nitrogens with two attached hydrogens (primary N) is 1. The second-order valence-electron chi connectivity index (χ2n) is 5.93. The van der Waals surface area contributed by atoms with Crippen LogP contribution in [0.25, 0.3) is 11.3 Å². The highest BCUT2D eigenvalue weighted by Crippen LogP contribution is 2.22. The summed E-state index contributed by atoms with van der Waals surface area (Å²) in [7, 11) is 0. The number of thiophene rings is 1. The predicted octanol–water partition coefficient (Wildman–Crippen LogP) is 3.96. The molecule has 3 rings (SSSR count). The number of rotatable bonds is 3. The van der Waals surface area contributed by atoms with Crippen molar-refractivity contribution in [1.82, 2.24) is 10.3 Å². The zero-order valence-corrected chi connectivity index (χ0v) is 16.0. The molecule has 1 aliphatic rings. The lowest BCUT2D eigenvalue weighted by Crippen LogP contribution is -2.40. The Morgan fingerprint density at radius 2 is 1.92 bits per heavy atom. The molecule has 0 unspecified atom stereocenters. The highest BCUT2D eigenvalue weighted by atomic mass is 35.5. The molecule has 24 heavy (non-hydrogen) atoms. The Labute approximate surface area is 159 Å². The Balaban J connectivity index is 0.00000144. The van der Waals surface area contributed by atoms with Gasteiger partial charge in [-0.25, -0.2) is 0 Å². The lowest BCUT2D eigenvalue weighted by molar-refractivity contribution is 0.0925. The van der Waals surface area contributed by atoms with Crippen molar-refractivity contribution < 1.29 is 4.79 Å². The lowest BCUT2D eigenvalue weighted by atomic mass is 9.91. The first-order valence-corrected chi connectivity index (χ1v) is 8.64. The van der Waals surface area contributed by atoms with Crippen LogP contribution in [0.4, 0.5) is 0 Å². The summed E-state index contributed by atoms with van der Waals surface area (Å²) in [6.07, 6.45) is 3.90. The Morgan fingerprint density at radius 1 is 1.21 bits per heavy atom. The molecule has 1 fully saturated rings. The van der Waals surface area contributed by atoms with Crippen LogP contribution in [0.1, 0.15) is 41.7 Å². The molecule has 0 spiro atoms. The van der Waals surface area contributed by atoms with Crippen LogP contribution < -0.4 is 11.1 Å². The van der Waals surface area contributed by atoms with Crippen LogP contribution in [0, 0.1) is 6.92 Å². The van der Waals surface area contributed by atoms with Gasteiger partial charge in [0.2, 0.25) is 0 Å². The molecule has 2 aromatic rings. The molecule has 2 heterocycles. The van der Waals surface area contributed by atoms with E-state index in [4.69, 9.17) is 5.73 Å². The number of aromatic nitrogens is 1. The summed E-state index contributed by atoms with van der Waals surface area (Å²) >= 11 is 1.64. The minimum atomic E-state index is -0.0256. The molecule has 0 aliphatic heterocycles. The molecular formula is C17H23Cl2N3OS. The molecular weight excluding hydrogens is 365 g/mol. The first-order valence-electron chi connectivity index (χ1n) is 7.70. The maximum absolute atomic E-state index is 12.4. The number of pyridine rings is 1. The third-order valence-electron chi connectivity index (χ3n) is 4.25. The average molecular weight is 388 g/mol. The summed E-state index contributed by atoms with van der Waals surface area (Å²) in [6.45, 7) is 1.89. The predicted molar refractivity (Wildman–Crippen MR) is 104 cm³/mol. The quantitative estimate of drug-likeness (QED) is 0.836. The van der Waals surface area contributed by atoms with Crippen molar-refractivity contribution in [2.24, 2.45) is 5.73 Å². The van der Waals surface area contributed by atoms with E-state index in [2.05, 4.69) is 15.7 Å². The van der Waals surface area contributed by atoms with E-state index in [1.165, 1.54) is 0 Å². The molecule has 7 heteroatoms. The number of halogens is 2. The number of nitrogens with one attached hydrogen (secondary N) is 1. The van der Waals surface area contributed by atoms with Gasteiger partial charge in [-0.1, -0.05) is 0 Å². The highest BCUT2D eigenvalue weighted by Gasteiger charge is 2.21. The van der Waals surface area contributed by atoms with Crippen LogP contribution in [0.15, 0.2) is 29.0 Å². The van der Waals surface area contributed by atoms with Crippen molar-refractivity contribution in [3.05, 3.63) is 40.2 Å². The number of carbonyl (C=O) groups is 1. The number of amides is 1. The molecule has 132 valence electrons. The Kier molecular flexibility index (Phi) is 8.16. The normalized spacial score (nSPS) is 19.8. The molecule has 0 bridgehead atoms. The molecule has 1 saturated carbocycles. The molecule has 0 saturated heterocycles. The molecule has 1 amide bonds. The van der Waals surface area contributed by atoms with E-state index in [9.17, 15) is 4.79 Å². The Bertz CT molecular complexity index is 656.